The van der Waals surface area contributed by atoms with E-state index >= 15 is 0 Å². The third-order valence-corrected chi connectivity index (χ3v) is 4.48. The zero-order valence-corrected chi connectivity index (χ0v) is 16.0. The molecule has 26 heavy (non-hydrogen) atoms. The summed E-state index contributed by atoms with van der Waals surface area (Å²) in [4.78, 5) is 12.7. The number of carbonyl (C=O) groups excluding carboxylic acids is 1. The fourth-order valence-corrected chi connectivity index (χ4v) is 3.12. The number of Topliss-reactive ketones (excluding diaryl/α,β-unsaturated/α-hetero) is 1. The molecule has 0 radical (unpaired) electrons. The number of benzene rings is 2. The lowest BCUT2D eigenvalue weighted by Gasteiger charge is -2.21. The van der Waals surface area contributed by atoms with Crippen LogP contribution in [0.4, 0.5) is 5.69 Å². The largest absolute Gasteiger partial charge is 0.495 e. The van der Waals surface area contributed by atoms with Crippen LogP contribution in [0.3, 0.4) is 0 Å². The predicted octanol–water partition coefficient (Wildman–Crippen LogP) is 3.68. The van der Waals surface area contributed by atoms with E-state index in [9.17, 15) is 4.79 Å². The first kappa shape index (κ1) is 18.1. The van der Waals surface area contributed by atoms with Crippen LogP contribution >= 0.6 is 15.9 Å². The molecule has 0 atom stereocenters. The number of ether oxygens (including phenoxy) is 4. The van der Waals surface area contributed by atoms with E-state index in [0.29, 0.717) is 57.5 Å². The Morgan fingerprint density at radius 2 is 1.92 bits per heavy atom. The van der Waals surface area contributed by atoms with Gasteiger partial charge in [0.2, 0.25) is 5.75 Å². The molecule has 0 bridgehead atoms. The minimum atomic E-state index is -0.212. The number of anilines is 1. The van der Waals surface area contributed by atoms with Gasteiger partial charge in [-0.25, -0.2) is 0 Å². The molecule has 2 aromatic rings. The molecule has 0 saturated heterocycles. The summed E-state index contributed by atoms with van der Waals surface area (Å²) in [5.41, 5.74) is 7.42. The van der Waals surface area contributed by atoms with Gasteiger partial charge in [0.1, 0.15) is 19.0 Å². The van der Waals surface area contributed by atoms with Crippen molar-refractivity contribution >= 4 is 33.5 Å². The van der Waals surface area contributed by atoms with Crippen LogP contribution in [0.5, 0.6) is 23.0 Å². The number of hydrogen-bond acceptors (Lipinski definition) is 6. The molecule has 7 heteroatoms. The normalized spacial score (nSPS) is 13.3. The van der Waals surface area contributed by atoms with Crippen molar-refractivity contribution in [3.63, 3.8) is 0 Å². The minimum absolute atomic E-state index is 0.212. The number of hydrogen-bond donors (Lipinski definition) is 1. The molecule has 136 valence electrons. The standard InChI is InChI=1S/C19H18BrNO5/c1-23-15-5-3-11(10-14(15)21)17(22)13(20)9-12-4-6-16-19(18(12)24-2)26-8-7-25-16/h3-6,9-10H,7-8,21H2,1-2H3. The van der Waals surface area contributed by atoms with E-state index in [-0.39, 0.29) is 5.78 Å². The first-order valence-electron chi connectivity index (χ1n) is 7.87. The van der Waals surface area contributed by atoms with Crippen LogP contribution in [0, 0.1) is 0 Å². The molecule has 6 nitrogen and oxygen atoms in total. The Morgan fingerprint density at radius 3 is 2.62 bits per heavy atom. The molecule has 3 rings (SSSR count). The number of nitrogens with two attached hydrogens (primary N) is 1. The molecular weight excluding hydrogens is 402 g/mol. The third kappa shape index (κ3) is 3.48. The van der Waals surface area contributed by atoms with E-state index in [2.05, 4.69) is 15.9 Å². The van der Waals surface area contributed by atoms with Crippen molar-refractivity contribution in [3.05, 3.63) is 45.9 Å². The quantitative estimate of drug-likeness (QED) is 0.452. The van der Waals surface area contributed by atoms with E-state index in [1.807, 2.05) is 6.07 Å². The van der Waals surface area contributed by atoms with Gasteiger partial charge in [-0.05, 0) is 52.3 Å². The molecule has 2 aromatic carbocycles. The molecule has 0 fully saturated rings. The van der Waals surface area contributed by atoms with Crippen molar-refractivity contribution < 1.29 is 23.7 Å². The van der Waals surface area contributed by atoms with Gasteiger partial charge in [0.15, 0.2) is 17.3 Å². The van der Waals surface area contributed by atoms with E-state index < -0.39 is 0 Å². The lowest BCUT2D eigenvalue weighted by Crippen LogP contribution is -2.16. The number of nitrogen functional groups attached to an aromatic ring is 1. The maximum Gasteiger partial charge on any atom is 0.204 e. The molecule has 1 heterocycles. The Labute approximate surface area is 159 Å². The number of carbonyl (C=O) groups is 1. The Kier molecular flexibility index (Phi) is 5.37. The van der Waals surface area contributed by atoms with E-state index in [1.165, 1.54) is 7.11 Å². The molecule has 0 unspecified atom stereocenters. The van der Waals surface area contributed by atoms with Gasteiger partial charge in [-0.3, -0.25) is 4.79 Å². The molecular formula is C19H18BrNO5. The summed E-state index contributed by atoms with van der Waals surface area (Å²) in [6, 6.07) is 8.50. The fraction of sp³-hybridized carbons (Fsp3) is 0.211. The van der Waals surface area contributed by atoms with Gasteiger partial charge in [0.05, 0.1) is 24.4 Å². The van der Waals surface area contributed by atoms with Crippen LogP contribution in [0.2, 0.25) is 0 Å². The monoisotopic (exact) mass is 419 g/mol. The van der Waals surface area contributed by atoms with Crippen LogP contribution in [0.15, 0.2) is 34.8 Å². The second-order valence-electron chi connectivity index (χ2n) is 5.49. The van der Waals surface area contributed by atoms with Gasteiger partial charge >= 0.3 is 0 Å². The summed E-state index contributed by atoms with van der Waals surface area (Å²) >= 11 is 3.35. The lowest BCUT2D eigenvalue weighted by molar-refractivity contribution is 0.104. The van der Waals surface area contributed by atoms with Gasteiger partial charge in [-0.2, -0.15) is 0 Å². The highest BCUT2D eigenvalue weighted by Crippen LogP contribution is 2.42. The van der Waals surface area contributed by atoms with Crippen LogP contribution in [0.1, 0.15) is 15.9 Å². The van der Waals surface area contributed by atoms with Crippen molar-refractivity contribution in [1.82, 2.24) is 0 Å². The van der Waals surface area contributed by atoms with Gasteiger partial charge in [0, 0.05) is 11.1 Å². The number of halogens is 1. The van der Waals surface area contributed by atoms with Crippen LogP contribution in [0.25, 0.3) is 6.08 Å². The first-order chi connectivity index (χ1) is 12.5. The van der Waals surface area contributed by atoms with Crippen molar-refractivity contribution in [3.8, 4) is 23.0 Å². The summed E-state index contributed by atoms with van der Waals surface area (Å²) in [5.74, 6) is 1.98. The average molecular weight is 420 g/mol. The Balaban J connectivity index is 1.94. The smallest absolute Gasteiger partial charge is 0.204 e. The molecule has 2 N–H and O–H groups in total. The molecule has 1 aliphatic heterocycles. The van der Waals surface area contributed by atoms with Gasteiger partial charge < -0.3 is 24.7 Å². The number of methoxy groups -OCH3 is 2. The average Bonchev–Trinajstić information content (AvgIpc) is 2.67. The summed E-state index contributed by atoms with van der Waals surface area (Å²) in [6.45, 7) is 0.939. The molecule has 0 aliphatic carbocycles. The minimum Gasteiger partial charge on any atom is -0.495 e. The summed E-state index contributed by atoms with van der Waals surface area (Å²) in [6.07, 6.45) is 1.68. The SMILES string of the molecule is COc1ccc(C(=O)C(Br)=Cc2ccc3c(c2OC)OCCO3)cc1N. The molecule has 1 aliphatic rings. The maximum atomic E-state index is 12.7. The number of allylic oxidation sites excluding steroid dienone is 1. The van der Waals surface area contributed by atoms with E-state index in [0.717, 1.165) is 0 Å². The molecule has 0 aromatic heterocycles. The zero-order chi connectivity index (χ0) is 18.7. The number of rotatable bonds is 5. The first-order valence-corrected chi connectivity index (χ1v) is 8.66. The van der Waals surface area contributed by atoms with Crippen molar-refractivity contribution in [2.24, 2.45) is 0 Å². The highest BCUT2D eigenvalue weighted by atomic mass is 79.9. The van der Waals surface area contributed by atoms with Crippen molar-refractivity contribution in [2.75, 3.05) is 33.2 Å². The molecule has 0 saturated carbocycles. The fourth-order valence-electron chi connectivity index (χ4n) is 2.65. The number of ketones is 1. The van der Waals surface area contributed by atoms with Crippen molar-refractivity contribution in [1.29, 1.82) is 0 Å². The second kappa shape index (κ2) is 7.70. The maximum absolute atomic E-state index is 12.7. The lowest BCUT2D eigenvalue weighted by atomic mass is 10.1. The van der Waals surface area contributed by atoms with Crippen molar-refractivity contribution in [2.45, 2.75) is 0 Å². The van der Waals surface area contributed by atoms with Crippen LogP contribution in [-0.4, -0.2) is 33.2 Å². The van der Waals surface area contributed by atoms with Crippen LogP contribution < -0.4 is 24.7 Å². The highest BCUT2D eigenvalue weighted by molar-refractivity contribution is 9.12. The van der Waals surface area contributed by atoms with Crippen LogP contribution in [-0.2, 0) is 0 Å². The van der Waals surface area contributed by atoms with E-state index in [4.69, 9.17) is 24.7 Å². The predicted molar refractivity (Wildman–Crippen MR) is 103 cm³/mol. The Morgan fingerprint density at radius 1 is 1.15 bits per heavy atom. The highest BCUT2D eigenvalue weighted by Gasteiger charge is 2.20. The Hall–Kier alpha value is -2.67. The van der Waals surface area contributed by atoms with Gasteiger partial charge in [-0.15, -0.1) is 0 Å². The third-order valence-electron chi connectivity index (χ3n) is 3.89. The van der Waals surface area contributed by atoms with E-state index in [1.54, 1.807) is 37.5 Å². The summed E-state index contributed by atoms with van der Waals surface area (Å²) in [7, 11) is 3.07. The summed E-state index contributed by atoms with van der Waals surface area (Å²) in [5, 5.41) is 0. The zero-order valence-electron chi connectivity index (χ0n) is 14.4. The van der Waals surface area contributed by atoms with Gasteiger partial charge in [-0.1, -0.05) is 0 Å². The Bertz CT molecular complexity index is 878. The molecule has 0 spiro atoms. The second-order valence-corrected chi connectivity index (χ2v) is 6.34. The topological polar surface area (TPSA) is 80.0 Å². The molecule has 0 amide bonds. The van der Waals surface area contributed by atoms with Gasteiger partial charge in [0.25, 0.3) is 0 Å². The summed E-state index contributed by atoms with van der Waals surface area (Å²) < 4.78 is 22.1. The number of fused-ring (bicyclic) bond motifs is 1.